The van der Waals surface area contributed by atoms with E-state index in [1.807, 2.05) is 6.92 Å². The number of urea groups is 1. The molecule has 1 unspecified atom stereocenters. The van der Waals surface area contributed by atoms with Crippen molar-refractivity contribution in [2.24, 2.45) is 5.92 Å². The summed E-state index contributed by atoms with van der Waals surface area (Å²) in [6.45, 7) is 4.69. The lowest BCUT2D eigenvalue weighted by Gasteiger charge is -2.12. The summed E-state index contributed by atoms with van der Waals surface area (Å²) in [4.78, 5) is 22.6. The molecule has 1 rings (SSSR count). The molecule has 0 aromatic heterocycles. The molecular formula is C14H20N2O4. The second-order valence-electron chi connectivity index (χ2n) is 4.57. The summed E-state index contributed by atoms with van der Waals surface area (Å²) in [6, 6.07) is 4.07. The number of carbonyl (C=O) groups is 2. The number of anilines is 1. The molecule has 0 aliphatic carbocycles. The molecule has 0 radical (unpaired) electrons. The monoisotopic (exact) mass is 280 g/mol. The van der Waals surface area contributed by atoms with E-state index in [0.29, 0.717) is 18.2 Å². The summed E-state index contributed by atoms with van der Waals surface area (Å²) >= 11 is 0. The Hall–Kier alpha value is -2.24. The number of carboxylic acid groups (broad SMARTS) is 1. The summed E-state index contributed by atoms with van der Waals surface area (Å²) in [6.07, 6.45) is 0.988. The summed E-state index contributed by atoms with van der Waals surface area (Å²) in [5, 5.41) is 14.4. The molecule has 110 valence electrons. The molecule has 0 saturated heterocycles. The zero-order valence-corrected chi connectivity index (χ0v) is 11.9. The van der Waals surface area contributed by atoms with E-state index in [9.17, 15) is 9.59 Å². The van der Waals surface area contributed by atoms with Crippen LogP contribution in [0.1, 0.15) is 30.6 Å². The van der Waals surface area contributed by atoms with Crippen molar-refractivity contribution < 1.29 is 19.4 Å². The lowest BCUT2D eigenvalue weighted by Crippen LogP contribution is -2.32. The van der Waals surface area contributed by atoms with Gasteiger partial charge in [0.15, 0.2) is 0 Å². The maximum absolute atomic E-state index is 11.7. The first-order chi connectivity index (χ1) is 9.47. The van der Waals surface area contributed by atoms with Gasteiger partial charge < -0.3 is 20.5 Å². The number of carboxylic acids is 1. The Morgan fingerprint density at radius 2 is 2.10 bits per heavy atom. The van der Waals surface area contributed by atoms with Crippen LogP contribution in [0.25, 0.3) is 0 Å². The van der Waals surface area contributed by atoms with E-state index >= 15 is 0 Å². The smallest absolute Gasteiger partial charge is 0.339 e. The molecule has 1 aromatic rings. The van der Waals surface area contributed by atoms with Gasteiger partial charge in [-0.15, -0.1) is 0 Å². The van der Waals surface area contributed by atoms with Crippen LogP contribution < -0.4 is 15.4 Å². The normalized spacial score (nSPS) is 11.6. The van der Waals surface area contributed by atoms with E-state index in [0.717, 1.165) is 6.42 Å². The third-order valence-electron chi connectivity index (χ3n) is 3.00. The Kier molecular flexibility index (Phi) is 5.83. The molecule has 6 nitrogen and oxygen atoms in total. The molecule has 0 saturated carbocycles. The van der Waals surface area contributed by atoms with Crippen molar-refractivity contribution in [2.45, 2.75) is 20.3 Å². The number of benzene rings is 1. The summed E-state index contributed by atoms with van der Waals surface area (Å²) < 4.78 is 4.99. The first-order valence-electron chi connectivity index (χ1n) is 6.44. The number of methoxy groups -OCH3 is 1. The standard InChI is InChI=1S/C14H20N2O4/c1-4-9(2)8-15-14(19)16-10-5-6-11(13(17)18)12(7-10)20-3/h5-7,9H,4,8H2,1-3H3,(H,17,18)(H2,15,16,19). The van der Waals surface area contributed by atoms with Gasteiger partial charge in [0, 0.05) is 18.3 Å². The van der Waals surface area contributed by atoms with Crippen LogP contribution in [0.15, 0.2) is 18.2 Å². The highest BCUT2D eigenvalue weighted by Gasteiger charge is 2.12. The highest BCUT2D eigenvalue weighted by molar-refractivity contribution is 5.94. The van der Waals surface area contributed by atoms with Crippen LogP contribution in [0, 0.1) is 5.92 Å². The quantitative estimate of drug-likeness (QED) is 0.747. The van der Waals surface area contributed by atoms with E-state index in [4.69, 9.17) is 9.84 Å². The zero-order valence-electron chi connectivity index (χ0n) is 11.9. The molecule has 6 heteroatoms. The van der Waals surface area contributed by atoms with Gasteiger partial charge in [-0.25, -0.2) is 9.59 Å². The molecule has 1 aromatic carbocycles. The number of nitrogens with one attached hydrogen (secondary N) is 2. The largest absolute Gasteiger partial charge is 0.496 e. The van der Waals surface area contributed by atoms with Crippen molar-refractivity contribution in [2.75, 3.05) is 19.0 Å². The Morgan fingerprint density at radius 3 is 2.65 bits per heavy atom. The fourth-order valence-electron chi connectivity index (χ4n) is 1.53. The number of ether oxygens (including phenoxy) is 1. The highest BCUT2D eigenvalue weighted by atomic mass is 16.5. The van der Waals surface area contributed by atoms with Gasteiger partial charge in [0.25, 0.3) is 0 Å². The van der Waals surface area contributed by atoms with E-state index in [1.54, 1.807) is 0 Å². The van der Waals surface area contributed by atoms with Gasteiger partial charge in [-0.1, -0.05) is 20.3 Å². The van der Waals surface area contributed by atoms with Crippen LogP contribution in [0.3, 0.4) is 0 Å². The second-order valence-corrected chi connectivity index (χ2v) is 4.57. The summed E-state index contributed by atoms with van der Waals surface area (Å²) in [5.74, 6) is -0.462. The Morgan fingerprint density at radius 1 is 1.40 bits per heavy atom. The predicted molar refractivity (Wildman–Crippen MR) is 76.4 cm³/mol. The van der Waals surface area contributed by atoms with Crippen molar-refractivity contribution in [1.82, 2.24) is 5.32 Å². The minimum absolute atomic E-state index is 0.0538. The first-order valence-corrected chi connectivity index (χ1v) is 6.44. The molecule has 0 heterocycles. The van der Waals surface area contributed by atoms with Crippen molar-refractivity contribution >= 4 is 17.7 Å². The van der Waals surface area contributed by atoms with Gasteiger partial charge in [-0.3, -0.25) is 0 Å². The highest BCUT2D eigenvalue weighted by Crippen LogP contribution is 2.23. The third-order valence-corrected chi connectivity index (χ3v) is 3.00. The van der Waals surface area contributed by atoms with E-state index < -0.39 is 5.97 Å². The molecule has 0 aliphatic rings. The second kappa shape index (κ2) is 7.37. The average Bonchev–Trinajstić information content (AvgIpc) is 2.44. The molecule has 20 heavy (non-hydrogen) atoms. The summed E-state index contributed by atoms with van der Waals surface area (Å²) in [5.41, 5.74) is 0.534. The number of hydrogen-bond acceptors (Lipinski definition) is 3. The van der Waals surface area contributed by atoms with Gasteiger partial charge in [0.1, 0.15) is 11.3 Å². The Labute approximate surface area is 118 Å². The first kappa shape index (κ1) is 15.8. The topological polar surface area (TPSA) is 87.7 Å². The maximum Gasteiger partial charge on any atom is 0.339 e. The van der Waals surface area contributed by atoms with Crippen LogP contribution in [-0.2, 0) is 0 Å². The summed E-state index contributed by atoms with van der Waals surface area (Å²) in [7, 11) is 1.38. The van der Waals surface area contributed by atoms with Crippen LogP contribution in [0.4, 0.5) is 10.5 Å². The van der Waals surface area contributed by atoms with Crippen LogP contribution in [-0.4, -0.2) is 30.8 Å². The molecule has 2 amide bonds. The third kappa shape index (κ3) is 4.46. The maximum atomic E-state index is 11.7. The zero-order chi connectivity index (χ0) is 15.1. The van der Waals surface area contributed by atoms with Crippen molar-refractivity contribution in [3.63, 3.8) is 0 Å². The minimum atomic E-state index is -1.07. The van der Waals surface area contributed by atoms with E-state index in [1.165, 1.54) is 25.3 Å². The van der Waals surface area contributed by atoms with Gasteiger partial charge in [-0.05, 0) is 18.1 Å². The van der Waals surface area contributed by atoms with Crippen LogP contribution >= 0.6 is 0 Å². The number of carbonyl (C=O) groups excluding carboxylic acids is 1. The van der Waals surface area contributed by atoms with Crippen LogP contribution in [0.2, 0.25) is 0 Å². The molecule has 0 fully saturated rings. The van der Waals surface area contributed by atoms with E-state index in [-0.39, 0.29) is 17.3 Å². The molecule has 0 spiro atoms. The fraction of sp³-hybridized carbons (Fsp3) is 0.429. The van der Waals surface area contributed by atoms with Crippen molar-refractivity contribution in [3.8, 4) is 5.75 Å². The Balaban J connectivity index is 2.69. The number of aromatic carboxylic acids is 1. The van der Waals surface area contributed by atoms with Gasteiger partial charge in [0.2, 0.25) is 0 Å². The van der Waals surface area contributed by atoms with Crippen LogP contribution in [0.5, 0.6) is 5.75 Å². The molecule has 1 atom stereocenters. The van der Waals surface area contributed by atoms with Gasteiger partial charge in [0.05, 0.1) is 7.11 Å². The van der Waals surface area contributed by atoms with Gasteiger partial charge in [-0.2, -0.15) is 0 Å². The Bertz CT molecular complexity index is 488. The SMILES string of the molecule is CCC(C)CNC(=O)Nc1ccc(C(=O)O)c(OC)c1. The number of rotatable bonds is 6. The lowest BCUT2D eigenvalue weighted by atomic mass is 10.1. The predicted octanol–water partition coefficient (Wildman–Crippen LogP) is 2.56. The van der Waals surface area contributed by atoms with E-state index in [2.05, 4.69) is 17.6 Å². The average molecular weight is 280 g/mol. The number of amides is 2. The minimum Gasteiger partial charge on any atom is -0.496 e. The fourth-order valence-corrected chi connectivity index (χ4v) is 1.53. The van der Waals surface area contributed by atoms with Gasteiger partial charge >= 0.3 is 12.0 Å². The molecule has 3 N–H and O–H groups in total. The number of hydrogen-bond donors (Lipinski definition) is 3. The molecule has 0 bridgehead atoms. The lowest BCUT2D eigenvalue weighted by molar-refractivity contribution is 0.0693. The van der Waals surface area contributed by atoms with Crippen molar-refractivity contribution in [3.05, 3.63) is 23.8 Å². The molecule has 0 aliphatic heterocycles. The van der Waals surface area contributed by atoms with Crippen molar-refractivity contribution in [1.29, 1.82) is 0 Å². The molecular weight excluding hydrogens is 260 g/mol.